The van der Waals surface area contributed by atoms with E-state index in [0.717, 1.165) is 52.6 Å². The highest BCUT2D eigenvalue weighted by molar-refractivity contribution is 6.15. The van der Waals surface area contributed by atoms with Crippen LogP contribution in [0.1, 0.15) is 54.7 Å². The van der Waals surface area contributed by atoms with E-state index in [1.807, 2.05) is 30.3 Å². The SMILES string of the molecule is C=C(C)C1CC=C(n2c3ccccc3c3cc(C(=O)c4ccc(OC)cc4)c(CC)nc32)CC1. The number of carbonyl (C=O) groups excluding carboxylic acids is 1. The predicted octanol–water partition coefficient (Wildman–Crippen LogP) is 7.21. The number of fused-ring (bicyclic) bond motifs is 3. The van der Waals surface area contributed by atoms with Gasteiger partial charge in [-0.15, -0.1) is 0 Å². The highest BCUT2D eigenvalue weighted by atomic mass is 16.5. The summed E-state index contributed by atoms with van der Waals surface area (Å²) in [7, 11) is 1.63. The molecule has 1 aliphatic rings. The van der Waals surface area contributed by atoms with E-state index >= 15 is 0 Å². The molecule has 0 N–H and O–H groups in total. The lowest BCUT2D eigenvalue weighted by Crippen LogP contribution is -2.11. The van der Waals surface area contributed by atoms with Crippen LogP contribution in [0.15, 0.2) is 72.8 Å². The molecule has 4 aromatic rings. The van der Waals surface area contributed by atoms with Crippen molar-refractivity contribution in [2.45, 2.75) is 39.5 Å². The second-order valence-electron chi connectivity index (χ2n) is 9.13. The van der Waals surface area contributed by atoms with Crippen LogP contribution in [0.4, 0.5) is 0 Å². The molecular formula is C30H30N2O2. The maximum Gasteiger partial charge on any atom is 0.194 e. The fourth-order valence-corrected chi connectivity index (χ4v) is 5.05. The summed E-state index contributed by atoms with van der Waals surface area (Å²) in [6.07, 6.45) is 6.13. The zero-order chi connectivity index (χ0) is 23.8. The van der Waals surface area contributed by atoms with Gasteiger partial charge in [0.2, 0.25) is 0 Å². The van der Waals surface area contributed by atoms with Crippen molar-refractivity contribution in [3.05, 3.63) is 89.6 Å². The van der Waals surface area contributed by atoms with Crippen LogP contribution in [-0.4, -0.2) is 22.4 Å². The molecule has 1 unspecified atom stereocenters. The van der Waals surface area contributed by atoms with Crippen LogP contribution in [0.2, 0.25) is 0 Å². The summed E-state index contributed by atoms with van der Waals surface area (Å²) in [5.41, 5.74) is 6.75. The summed E-state index contributed by atoms with van der Waals surface area (Å²) >= 11 is 0. The number of nitrogens with zero attached hydrogens (tertiary/aromatic N) is 2. The Morgan fingerprint density at radius 1 is 1.15 bits per heavy atom. The number of ketones is 1. The van der Waals surface area contributed by atoms with Gasteiger partial charge in [-0.05, 0) is 74.9 Å². The van der Waals surface area contributed by atoms with Gasteiger partial charge >= 0.3 is 0 Å². The number of benzene rings is 2. The number of methoxy groups -OCH3 is 1. The third-order valence-electron chi connectivity index (χ3n) is 7.03. The number of allylic oxidation sites excluding steroid dienone is 3. The Morgan fingerprint density at radius 2 is 1.91 bits per heavy atom. The van der Waals surface area contributed by atoms with Crippen molar-refractivity contribution in [1.82, 2.24) is 9.55 Å². The normalized spacial score (nSPS) is 16.0. The molecule has 0 spiro atoms. The van der Waals surface area contributed by atoms with Crippen LogP contribution >= 0.6 is 0 Å². The molecule has 0 aliphatic heterocycles. The number of pyridine rings is 1. The van der Waals surface area contributed by atoms with Crippen LogP contribution in [-0.2, 0) is 6.42 Å². The van der Waals surface area contributed by atoms with E-state index in [1.165, 1.54) is 11.3 Å². The average molecular weight is 451 g/mol. The van der Waals surface area contributed by atoms with Crippen molar-refractivity contribution in [3.63, 3.8) is 0 Å². The van der Waals surface area contributed by atoms with Gasteiger partial charge < -0.3 is 4.74 Å². The molecule has 4 heteroatoms. The Balaban J connectivity index is 1.68. The summed E-state index contributed by atoms with van der Waals surface area (Å²) in [6, 6.07) is 17.7. The standard InChI is InChI=1S/C30H30N2O2/c1-5-27-26(29(33)21-12-16-23(34-4)17-13-21)18-25-24-8-6-7-9-28(24)32(30(25)31-27)22-14-10-20(11-15-22)19(2)3/h6-9,12-14,16-18,20H,2,5,10-11,15H2,1,3-4H3. The monoisotopic (exact) mass is 450 g/mol. The maximum atomic E-state index is 13.5. The molecule has 172 valence electrons. The molecule has 4 nitrogen and oxygen atoms in total. The van der Waals surface area contributed by atoms with Crippen molar-refractivity contribution in [3.8, 4) is 5.75 Å². The summed E-state index contributed by atoms with van der Waals surface area (Å²) < 4.78 is 7.55. The van der Waals surface area contributed by atoms with Gasteiger partial charge in [0.15, 0.2) is 5.78 Å². The van der Waals surface area contributed by atoms with Gasteiger partial charge in [0.05, 0.1) is 18.3 Å². The molecule has 0 saturated carbocycles. The first-order chi connectivity index (χ1) is 16.5. The Hall–Kier alpha value is -3.66. The number of hydrogen-bond acceptors (Lipinski definition) is 3. The molecule has 2 aromatic carbocycles. The number of aryl methyl sites for hydroxylation is 1. The van der Waals surface area contributed by atoms with E-state index in [2.05, 4.69) is 55.3 Å². The molecule has 1 aliphatic carbocycles. The van der Waals surface area contributed by atoms with Gasteiger partial charge in [-0.25, -0.2) is 4.98 Å². The van der Waals surface area contributed by atoms with E-state index in [4.69, 9.17) is 9.72 Å². The summed E-state index contributed by atoms with van der Waals surface area (Å²) in [5.74, 6) is 1.27. The number of ether oxygens (including phenoxy) is 1. The first-order valence-electron chi connectivity index (χ1n) is 12.0. The van der Waals surface area contributed by atoms with Crippen LogP contribution in [0, 0.1) is 5.92 Å². The smallest absolute Gasteiger partial charge is 0.194 e. The molecule has 0 radical (unpaired) electrons. The molecule has 2 aromatic heterocycles. The number of rotatable bonds is 6. The molecule has 34 heavy (non-hydrogen) atoms. The minimum Gasteiger partial charge on any atom is -0.497 e. The predicted molar refractivity (Wildman–Crippen MR) is 139 cm³/mol. The summed E-state index contributed by atoms with van der Waals surface area (Å²) in [4.78, 5) is 18.6. The number of hydrogen-bond donors (Lipinski definition) is 0. The fraction of sp³-hybridized carbons (Fsp3) is 0.267. The molecule has 0 fully saturated rings. The van der Waals surface area contributed by atoms with Gasteiger partial charge in [-0.3, -0.25) is 9.36 Å². The number of para-hydroxylation sites is 1. The highest BCUT2D eigenvalue weighted by Crippen LogP contribution is 2.37. The van der Waals surface area contributed by atoms with Crippen molar-refractivity contribution >= 4 is 33.4 Å². The maximum absolute atomic E-state index is 13.5. The van der Waals surface area contributed by atoms with Gasteiger partial charge in [0.1, 0.15) is 11.4 Å². The first-order valence-corrected chi connectivity index (χ1v) is 12.0. The molecule has 0 bridgehead atoms. The van der Waals surface area contributed by atoms with Gasteiger partial charge in [-0.1, -0.05) is 43.4 Å². The third-order valence-corrected chi connectivity index (χ3v) is 7.03. The second-order valence-corrected chi connectivity index (χ2v) is 9.13. The van der Waals surface area contributed by atoms with E-state index < -0.39 is 0 Å². The van der Waals surface area contributed by atoms with Crippen LogP contribution in [0.5, 0.6) is 5.75 Å². The Labute approximate surface area is 200 Å². The van der Waals surface area contributed by atoms with Crippen molar-refractivity contribution in [2.24, 2.45) is 5.92 Å². The van der Waals surface area contributed by atoms with Crippen LogP contribution < -0.4 is 4.74 Å². The third kappa shape index (κ3) is 3.73. The molecule has 1 atom stereocenters. The fourth-order valence-electron chi connectivity index (χ4n) is 5.05. The van der Waals surface area contributed by atoms with Crippen LogP contribution in [0.25, 0.3) is 27.6 Å². The lowest BCUT2D eigenvalue weighted by atomic mass is 9.87. The Kier molecular flexibility index (Phi) is 5.82. The Morgan fingerprint density at radius 3 is 2.56 bits per heavy atom. The average Bonchev–Trinajstić information content (AvgIpc) is 3.20. The van der Waals surface area contributed by atoms with E-state index in [1.54, 1.807) is 7.11 Å². The zero-order valence-electron chi connectivity index (χ0n) is 20.1. The first kappa shape index (κ1) is 22.1. The van der Waals surface area contributed by atoms with Crippen molar-refractivity contribution in [1.29, 1.82) is 0 Å². The van der Waals surface area contributed by atoms with E-state index in [-0.39, 0.29) is 5.78 Å². The van der Waals surface area contributed by atoms with Crippen molar-refractivity contribution < 1.29 is 9.53 Å². The summed E-state index contributed by atoms with van der Waals surface area (Å²) in [6.45, 7) is 8.35. The number of carbonyl (C=O) groups is 1. The largest absolute Gasteiger partial charge is 0.497 e. The quantitative estimate of drug-likeness (QED) is 0.230. The second kappa shape index (κ2) is 8.94. The van der Waals surface area contributed by atoms with Gasteiger partial charge in [-0.2, -0.15) is 0 Å². The lowest BCUT2D eigenvalue weighted by molar-refractivity contribution is 0.103. The topological polar surface area (TPSA) is 44.1 Å². The van der Waals surface area contributed by atoms with Crippen LogP contribution in [0.3, 0.4) is 0 Å². The van der Waals surface area contributed by atoms with Gasteiger partial charge in [0.25, 0.3) is 0 Å². The molecule has 2 heterocycles. The van der Waals surface area contributed by atoms with E-state index in [9.17, 15) is 4.79 Å². The van der Waals surface area contributed by atoms with E-state index in [0.29, 0.717) is 23.5 Å². The van der Waals surface area contributed by atoms with Gasteiger partial charge in [0, 0.05) is 27.6 Å². The molecule has 0 saturated heterocycles. The molecule has 5 rings (SSSR count). The minimum atomic E-state index is -0.00749. The number of aromatic nitrogens is 2. The lowest BCUT2D eigenvalue weighted by Gasteiger charge is -2.23. The van der Waals surface area contributed by atoms with Crippen molar-refractivity contribution in [2.75, 3.05) is 7.11 Å². The Bertz CT molecular complexity index is 1440. The summed E-state index contributed by atoms with van der Waals surface area (Å²) in [5, 5.41) is 2.15. The molecule has 0 amide bonds. The minimum absolute atomic E-state index is 0.00749. The zero-order valence-corrected chi connectivity index (χ0v) is 20.1. The highest BCUT2D eigenvalue weighted by Gasteiger charge is 2.23. The molecular weight excluding hydrogens is 420 g/mol.